The zero-order valence-electron chi connectivity index (χ0n) is 8.62. The fourth-order valence-electron chi connectivity index (χ4n) is 1.66. The minimum atomic E-state index is 0.235. The standard InChI is InChI=1S/C12H13N3/c1-3-6-13-9(2)11-8-15-12-10(11)5-4-7-14-12/h1,4-5,7-9,13H,6H2,2H3,(H,14,15). The maximum Gasteiger partial charge on any atom is 0.137 e. The summed E-state index contributed by atoms with van der Waals surface area (Å²) in [5.41, 5.74) is 2.12. The lowest BCUT2D eigenvalue weighted by atomic mass is 10.1. The summed E-state index contributed by atoms with van der Waals surface area (Å²) in [7, 11) is 0. The van der Waals surface area contributed by atoms with Crippen LogP contribution in [0.15, 0.2) is 24.5 Å². The van der Waals surface area contributed by atoms with E-state index in [1.165, 1.54) is 5.56 Å². The Morgan fingerprint density at radius 3 is 3.33 bits per heavy atom. The van der Waals surface area contributed by atoms with Gasteiger partial charge in [0.1, 0.15) is 5.65 Å². The molecule has 2 aromatic rings. The van der Waals surface area contributed by atoms with Crippen molar-refractivity contribution < 1.29 is 0 Å². The normalized spacial score (nSPS) is 12.5. The quantitative estimate of drug-likeness (QED) is 0.741. The summed E-state index contributed by atoms with van der Waals surface area (Å²) in [6.07, 6.45) is 8.97. The number of fused-ring (bicyclic) bond motifs is 1. The molecule has 3 heteroatoms. The molecule has 3 nitrogen and oxygen atoms in total. The highest BCUT2D eigenvalue weighted by Crippen LogP contribution is 2.21. The number of aromatic nitrogens is 2. The number of rotatable bonds is 3. The Balaban J connectivity index is 2.32. The number of hydrogen-bond acceptors (Lipinski definition) is 2. The number of nitrogens with zero attached hydrogens (tertiary/aromatic N) is 1. The van der Waals surface area contributed by atoms with Crippen LogP contribution in [0.1, 0.15) is 18.5 Å². The van der Waals surface area contributed by atoms with Crippen LogP contribution < -0.4 is 5.32 Å². The smallest absolute Gasteiger partial charge is 0.137 e. The van der Waals surface area contributed by atoms with Crippen molar-refractivity contribution in [3.05, 3.63) is 30.1 Å². The second kappa shape index (κ2) is 4.16. The monoisotopic (exact) mass is 199 g/mol. The predicted molar refractivity (Wildman–Crippen MR) is 61.3 cm³/mol. The SMILES string of the molecule is C#CCNC(C)c1c[nH]c2ncccc12. The van der Waals surface area contributed by atoms with Crippen molar-refractivity contribution >= 4 is 11.0 Å². The Kier molecular flexibility index (Phi) is 2.70. The van der Waals surface area contributed by atoms with Gasteiger partial charge < -0.3 is 4.98 Å². The van der Waals surface area contributed by atoms with Gasteiger partial charge in [0.15, 0.2) is 0 Å². The Morgan fingerprint density at radius 1 is 1.67 bits per heavy atom. The van der Waals surface area contributed by atoms with Crippen LogP contribution in [-0.4, -0.2) is 16.5 Å². The van der Waals surface area contributed by atoms with Gasteiger partial charge in [-0.3, -0.25) is 5.32 Å². The van der Waals surface area contributed by atoms with Crippen molar-refractivity contribution in [3.8, 4) is 12.3 Å². The van der Waals surface area contributed by atoms with E-state index in [2.05, 4.69) is 34.2 Å². The average molecular weight is 199 g/mol. The third kappa shape index (κ3) is 1.85. The van der Waals surface area contributed by atoms with Gasteiger partial charge in [-0.25, -0.2) is 4.98 Å². The van der Waals surface area contributed by atoms with Gasteiger partial charge >= 0.3 is 0 Å². The fraction of sp³-hybridized carbons (Fsp3) is 0.250. The molecule has 0 saturated carbocycles. The number of terminal acetylenes is 1. The molecule has 0 fully saturated rings. The Labute approximate surface area is 88.9 Å². The minimum Gasteiger partial charge on any atom is -0.346 e. The fourth-order valence-corrected chi connectivity index (χ4v) is 1.66. The van der Waals surface area contributed by atoms with Gasteiger partial charge in [-0.1, -0.05) is 5.92 Å². The highest BCUT2D eigenvalue weighted by atomic mass is 14.9. The van der Waals surface area contributed by atoms with Crippen LogP contribution in [0.4, 0.5) is 0 Å². The summed E-state index contributed by atoms with van der Waals surface area (Å²) in [5, 5.41) is 4.39. The topological polar surface area (TPSA) is 40.7 Å². The molecule has 0 aliphatic rings. The molecule has 0 spiro atoms. The molecule has 0 aromatic carbocycles. The summed E-state index contributed by atoms with van der Waals surface area (Å²) in [6.45, 7) is 2.67. The molecule has 2 N–H and O–H groups in total. The van der Waals surface area contributed by atoms with Crippen LogP contribution in [-0.2, 0) is 0 Å². The summed E-state index contributed by atoms with van der Waals surface area (Å²) in [5.74, 6) is 2.57. The van der Waals surface area contributed by atoms with Crippen molar-refractivity contribution in [1.29, 1.82) is 0 Å². The molecule has 2 rings (SSSR count). The molecule has 0 amide bonds. The van der Waals surface area contributed by atoms with Crippen molar-refractivity contribution in [2.75, 3.05) is 6.54 Å². The first kappa shape index (κ1) is 9.75. The van der Waals surface area contributed by atoms with Gasteiger partial charge in [0.25, 0.3) is 0 Å². The second-order valence-electron chi connectivity index (χ2n) is 3.45. The van der Waals surface area contributed by atoms with Crippen LogP contribution in [0.25, 0.3) is 11.0 Å². The van der Waals surface area contributed by atoms with Gasteiger partial charge in [-0.05, 0) is 24.6 Å². The van der Waals surface area contributed by atoms with Crippen molar-refractivity contribution in [2.24, 2.45) is 0 Å². The molecular weight excluding hydrogens is 186 g/mol. The van der Waals surface area contributed by atoms with Crippen LogP contribution in [0, 0.1) is 12.3 Å². The Morgan fingerprint density at radius 2 is 2.53 bits per heavy atom. The van der Waals surface area contributed by atoms with E-state index in [-0.39, 0.29) is 6.04 Å². The van der Waals surface area contributed by atoms with Crippen LogP contribution in [0.5, 0.6) is 0 Å². The summed E-state index contributed by atoms with van der Waals surface area (Å²) >= 11 is 0. The Bertz CT molecular complexity index is 493. The third-order valence-electron chi connectivity index (χ3n) is 2.46. The zero-order valence-corrected chi connectivity index (χ0v) is 8.62. The van der Waals surface area contributed by atoms with E-state index >= 15 is 0 Å². The molecular formula is C12H13N3. The van der Waals surface area contributed by atoms with Crippen LogP contribution in [0.2, 0.25) is 0 Å². The lowest BCUT2D eigenvalue weighted by Gasteiger charge is -2.10. The second-order valence-corrected chi connectivity index (χ2v) is 3.45. The average Bonchev–Trinajstić information content (AvgIpc) is 2.69. The number of pyridine rings is 1. The molecule has 0 aliphatic heterocycles. The molecule has 1 unspecified atom stereocenters. The van der Waals surface area contributed by atoms with Crippen LogP contribution in [0.3, 0.4) is 0 Å². The number of hydrogen-bond donors (Lipinski definition) is 2. The molecule has 0 saturated heterocycles. The molecule has 0 radical (unpaired) electrons. The molecule has 76 valence electrons. The van der Waals surface area contributed by atoms with Crippen LogP contribution >= 0.6 is 0 Å². The largest absolute Gasteiger partial charge is 0.346 e. The van der Waals surface area contributed by atoms with Crippen molar-refractivity contribution in [1.82, 2.24) is 15.3 Å². The lowest BCUT2D eigenvalue weighted by molar-refractivity contribution is 0.627. The number of nitrogens with one attached hydrogen (secondary N) is 2. The first-order valence-electron chi connectivity index (χ1n) is 4.91. The van der Waals surface area contributed by atoms with Gasteiger partial charge in [0.05, 0.1) is 6.54 Å². The Hall–Kier alpha value is -1.79. The molecule has 15 heavy (non-hydrogen) atoms. The zero-order chi connectivity index (χ0) is 10.7. The number of H-pyrrole nitrogens is 1. The van der Waals surface area contributed by atoms with E-state index in [1.807, 2.05) is 12.3 Å². The maximum absolute atomic E-state index is 5.21. The maximum atomic E-state index is 5.21. The molecule has 2 aromatic heterocycles. The third-order valence-corrected chi connectivity index (χ3v) is 2.46. The first-order valence-corrected chi connectivity index (χ1v) is 4.91. The number of aromatic amines is 1. The lowest BCUT2D eigenvalue weighted by Crippen LogP contribution is -2.18. The van der Waals surface area contributed by atoms with Gasteiger partial charge in [0.2, 0.25) is 0 Å². The van der Waals surface area contributed by atoms with E-state index in [4.69, 9.17) is 6.42 Å². The van der Waals surface area contributed by atoms with E-state index < -0.39 is 0 Å². The van der Waals surface area contributed by atoms with E-state index in [1.54, 1.807) is 6.20 Å². The summed E-state index contributed by atoms with van der Waals surface area (Å²) < 4.78 is 0. The molecule has 0 aliphatic carbocycles. The summed E-state index contributed by atoms with van der Waals surface area (Å²) in [6, 6.07) is 4.23. The van der Waals surface area contributed by atoms with Crippen molar-refractivity contribution in [2.45, 2.75) is 13.0 Å². The summed E-state index contributed by atoms with van der Waals surface area (Å²) in [4.78, 5) is 7.38. The predicted octanol–water partition coefficient (Wildman–Crippen LogP) is 1.85. The van der Waals surface area contributed by atoms with Crippen molar-refractivity contribution in [3.63, 3.8) is 0 Å². The molecule has 2 heterocycles. The van der Waals surface area contributed by atoms with E-state index in [9.17, 15) is 0 Å². The van der Waals surface area contributed by atoms with E-state index in [0.29, 0.717) is 6.54 Å². The first-order chi connectivity index (χ1) is 7.33. The molecule has 1 atom stereocenters. The van der Waals surface area contributed by atoms with E-state index in [0.717, 1.165) is 11.0 Å². The van der Waals surface area contributed by atoms with Gasteiger partial charge in [-0.15, -0.1) is 6.42 Å². The molecule has 0 bridgehead atoms. The highest BCUT2D eigenvalue weighted by Gasteiger charge is 2.09. The highest BCUT2D eigenvalue weighted by molar-refractivity contribution is 5.79. The minimum absolute atomic E-state index is 0.235. The van der Waals surface area contributed by atoms with Gasteiger partial charge in [-0.2, -0.15) is 0 Å². The van der Waals surface area contributed by atoms with Gasteiger partial charge in [0, 0.05) is 23.8 Å².